The number of rotatable bonds is 2. The van der Waals surface area contributed by atoms with Crippen LogP contribution in [0.1, 0.15) is 10.5 Å². The van der Waals surface area contributed by atoms with E-state index < -0.39 is 5.97 Å². The zero-order valence-electron chi connectivity index (χ0n) is 10.0. The number of hydrogen-bond acceptors (Lipinski definition) is 2. The number of halogens is 1. The first-order valence-corrected chi connectivity index (χ1v) is 5.98. The molecule has 1 aromatic carbocycles. The third-order valence-electron chi connectivity index (χ3n) is 3.02. The third kappa shape index (κ3) is 1.88. The van der Waals surface area contributed by atoms with Crippen molar-refractivity contribution in [2.75, 3.05) is 0 Å². The summed E-state index contributed by atoms with van der Waals surface area (Å²) in [6, 6.07) is 7.05. The van der Waals surface area contributed by atoms with Gasteiger partial charge in [-0.2, -0.15) is 5.10 Å². The molecular formula is C13H10ClN3O2. The third-order valence-corrected chi connectivity index (χ3v) is 3.25. The van der Waals surface area contributed by atoms with Crippen LogP contribution in [0.2, 0.25) is 5.02 Å². The average molecular weight is 276 g/mol. The van der Waals surface area contributed by atoms with Crippen molar-refractivity contribution >= 4 is 28.5 Å². The molecule has 0 amide bonds. The van der Waals surface area contributed by atoms with E-state index in [-0.39, 0.29) is 5.69 Å². The Morgan fingerprint density at radius 2 is 2.21 bits per heavy atom. The van der Waals surface area contributed by atoms with Gasteiger partial charge in [0.1, 0.15) is 5.69 Å². The number of carbonyl (C=O) groups is 1. The maximum atomic E-state index is 11.0. The van der Waals surface area contributed by atoms with Crippen LogP contribution in [0.25, 0.3) is 22.2 Å². The number of nitrogens with zero attached hydrogens (tertiary/aromatic N) is 2. The van der Waals surface area contributed by atoms with Crippen LogP contribution in [0.3, 0.4) is 0 Å². The molecule has 19 heavy (non-hydrogen) atoms. The summed E-state index contributed by atoms with van der Waals surface area (Å²) in [6.07, 6.45) is 1.80. The number of H-pyrrole nitrogens is 1. The van der Waals surface area contributed by atoms with E-state index in [0.717, 1.165) is 16.5 Å². The number of hydrogen-bond donors (Lipinski definition) is 2. The van der Waals surface area contributed by atoms with Gasteiger partial charge in [0.2, 0.25) is 0 Å². The van der Waals surface area contributed by atoms with Gasteiger partial charge >= 0.3 is 5.97 Å². The summed E-state index contributed by atoms with van der Waals surface area (Å²) in [5.74, 6) is -1.00. The molecule has 2 heterocycles. The molecule has 0 saturated carbocycles. The summed E-state index contributed by atoms with van der Waals surface area (Å²) < 4.78 is 1.35. The number of carboxylic acids is 1. The Morgan fingerprint density at radius 3 is 2.89 bits per heavy atom. The summed E-state index contributed by atoms with van der Waals surface area (Å²) in [6.45, 7) is 0. The lowest BCUT2D eigenvalue weighted by atomic mass is 10.1. The maximum absolute atomic E-state index is 11.0. The normalized spacial score (nSPS) is 11.1. The second-order valence-corrected chi connectivity index (χ2v) is 4.67. The molecule has 0 fully saturated rings. The quantitative estimate of drug-likeness (QED) is 0.755. The SMILES string of the molecule is Cn1nc(-c2c[nH]c3ccc(Cl)cc23)cc1C(=O)O. The molecule has 0 saturated heterocycles. The lowest BCUT2D eigenvalue weighted by molar-refractivity contribution is 0.0685. The molecule has 0 aliphatic carbocycles. The van der Waals surface area contributed by atoms with Crippen LogP contribution in [-0.4, -0.2) is 25.8 Å². The molecule has 3 rings (SSSR count). The van der Waals surface area contributed by atoms with E-state index in [1.54, 1.807) is 25.4 Å². The van der Waals surface area contributed by atoms with Gasteiger partial charge in [-0.15, -0.1) is 0 Å². The Labute approximate surface area is 113 Å². The van der Waals surface area contributed by atoms with Gasteiger partial charge in [0.05, 0.1) is 5.69 Å². The summed E-state index contributed by atoms with van der Waals surface area (Å²) in [5.41, 5.74) is 2.52. The van der Waals surface area contributed by atoms with Crippen LogP contribution in [0, 0.1) is 0 Å². The highest BCUT2D eigenvalue weighted by Gasteiger charge is 2.15. The van der Waals surface area contributed by atoms with Gasteiger partial charge < -0.3 is 10.1 Å². The van der Waals surface area contributed by atoms with E-state index in [9.17, 15) is 4.79 Å². The molecule has 6 heteroatoms. The van der Waals surface area contributed by atoms with Crippen LogP contribution in [0.5, 0.6) is 0 Å². The van der Waals surface area contributed by atoms with Crippen LogP contribution in [0.4, 0.5) is 0 Å². The number of aromatic amines is 1. The second kappa shape index (κ2) is 4.13. The standard InChI is InChI=1S/C13H10ClN3O2/c1-17-12(13(18)19)5-11(16-17)9-6-15-10-3-2-7(14)4-8(9)10/h2-6,15H,1H3,(H,18,19). The van der Waals surface area contributed by atoms with Gasteiger partial charge in [0.15, 0.2) is 0 Å². The van der Waals surface area contributed by atoms with Crippen molar-refractivity contribution in [3.8, 4) is 11.3 Å². The Morgan fingerprint density at radius 1 is 1.42 bits per heavy atom. The Bertz CT molecular complexity index is 788. The molecule has 0 radical (unpaired) electrons. The van der Waals surface area contributed by atoms with Crippen molar-refractivity contribution in [2.24, 2.45) is 7.05 Å². The molecule has 0 bridgehead atoms. The average Bonchev–Trinajstić information content (AvgIpc) is 2.91. The van der Waals surface area contributed by atoms with E-state index in [1.165, 1.54) is 4.68 Å². The summed E-state index contributed by atoms with van der Waals surface area (Å²) in [7, 11) is 1.61. The van der Waals surface area contributed by atoms with Crippen LogP contribution in [0.15, 0.2) is 30.5 Å². The van der Waals surface area contributed by atoms with Gasteiger partial charge in [-0.3, -0.25) is 4.68 Å². The minimum Gasteiger partial charge on any atom is -0.477 e. The molecule has 5 nitrogen and oxygen atoms in total. The van der Waals surface area contributed by atoms with Crippen molar-refractivity contribution in [2.45, 2.75) is 0 Å². The lowest BCUT2D eigenvalue weighted by Gasteiger charge is -1.95. The van der Waals surface area contributed by atoms with Crippen LogP contribution in [-0.2, 0) is 7.05 Å². The fourth-order valence-corrected chi connectivity index (χ4v) is 2.28. The van der Waals surface area contributed by atoms with Crippen molar-refractivity contribution in [1.29, 1.82) is 0 Å². The van der Waals surface area contributed by atoms with Gasteiger partial charge in [0, 0.05) is 34.7 Å². The maximum Gasteiger partial charge on any atom is 0.354 e. The van der Waals surface area contributed by atoms with E-state index in [2.05, 4.69) is 10.1 Å². The van der Waals surface area contributed by atoms with E-state index in [1.807, 2.05) is 12.1 Å². The zero-order chi connectivity index (χ0) is 13.6. The van der Waals surface area contributed by atoms with E-state index in [4.69, 9.17) is 16.7 Å². The molecular weight excluding hydrogens is 266 g/mol. The number of fused-ring (bicyclic) bond motifs is 1. The first-order valence-electron chi connectivity index (χ1n) is 5.60. The number of aryl methyl sites for hydroxylation is 1. The highest BCUT2D eigenvalue weighted by atomic mass is 35.5. The predicted octanol–water partition coefficient (Wildman–Crippen LogP) is 2.92. The molecule has 0 spiro atoms. The van der Waals surface area contributed by atoms with Crippen molar-refractivity contribution in [1.82, 2.24) is 14.8 Å². The molecule has 0 aliphatic heterocycles. The molecule has 0 unspecified atom stereocenters. The number of benzene rings is 1. The number of aromatic carboxylic acids is 1. The predicted molar refractivity (Wildman–Crippen MR) is 72.5 cm³/mol. The zero-order valence-corrected chi connectivity index (χ0v) is 10.8. The lowest BCUT2D eigenvalue weighted by Crippen LogP contribution is -2.04. The van der Waals surface area contributed by atoms with Crippen molar-refractivity contribution in [3.05, 3.63) is 41.2 Å². The van der Waals surface area contributed by atoms with Crippen molar-refractivity contribution < 1.29 is 9.90 Å². The van der Waals surface area contributed by atoms with Crippen molar-refractivity contribution in [3.63, 3.8) is 0 Å². The van der Waals surface area contributed by atoms with E-state index in [0.29, 0.717) is 10.7 Å². The van der Waals surface area contributed by atoms with Gasteiger partial charge in [-0.1, -0.05) is 11.6 Å². The first-order chi connectivity index (χ1) is 9.06. The minimum absolute atomic E-state index is 0.145. The molecule has 0 aliphatic rings. The van der Waals surface area contributed by atoms with E-state index >= 15 is 0 Å². The molecule has 96 valence electrons. The Balaban J connectivity index is 2.21. The number of carboxylic acid groups (broad SMARTS) is 1. The minimum atomic E-state index is -1.00. The highest BCUT2D eigenvalue weighted by molar-refractivity contribution is 6.31. The smallest absolute Gasteiger partial charge is 0.354 e. The fraction of sp³-hybridized carbons (Fsp3) is 0.0769. The topological polar surface area (TPSA) is 70.9 Å². The van der Waals surface area contributed by atoms with Gasteiger partial charge in [-0.25, -0.2) is 4.79 Å². The van der Waals surface area contributed by atoms with Crippen LogP contribution < -0.4 is 0 Å². The number of aromatic nitrogens is 3. The molecule has 0 atom stereocenters. The second-order valence-electron chi connectivity index (χ2n) is 4.24. The fourth-order valence-electron chi connectivity index (χ4n) is 2.10. The molecule has 2 N–H and O–H groups in total. The summed E-state index contributed by atoms with van der Waals surface area (Å²) in [5, 5.41) is 14.8. The molecule has 3 aromatic rings. The Kier molecular flexibility index (Phi) is 2.57. The van der Waals surface area contributed by atoms with Crippen LogP contribution >= 0.6 is 11.6 Å². The Hall–Kier alpha value is -2.27. The summed E-state index contributed by atoms with van der Waals surface area (Å²) >= 11 is 5.99. The monoisotopic (exact) mass is 275 g/mol. The first kappa shape index (κ1) is 11.8. The highest BCUT2D eigenvalue weighted by Crippen LogP contribution is 2.30. The largest absolute Gasteiger partial charge is 0.477 e. The summed E-state index contributed by atoms with van der Waals surface area (Å²) in [4.78, 5) is 14.1. The number of nitrogens with one attached hydrogen (secondary N) is 1. The van der Waals surface area contributed by atoms with Gasteiger partial charge in [-0.05, 0) is 24.3 Å². The molecule has 2 aromatic heterocycles. The van der Waals surface area contributed by atoms with Gasteiger partial charge in [0.25, 0.3) is 0 Å².